The third kappa shape index (κ3) is 4.32. The molecule has 0 aromatic heterocycles. The number of benzene rings is 2. The highest BCUT2D eigenvalue weighted by atomic mass is 16.1. The fourth-order valence-electron chi connectivity index (χ4n) is 2.36. The van der Waals surface area contributed by atoms with E-state index >= 15 is 0 Å². The Bertz CT molecular complexity index is 659. The summed E-state index contributed by atoms with van der Waals surface area (Å²) in [6.45, 7) is 6.28. The van der Waals surface area contributed by atoms with E-state index in [1.807, 2.05) is 36.4 Å². The van der Waals surface area contributed by atoms with Gasteiger partial charge in [0.15, 0.2) is 0 Å². The summed E-state index contributed by atoms with van der Waals surface area (Å²) in [5.41, 5.74) is 4.71. The van der Waals surface area contributed by atoms with Gasteiger partial charge in [0.05, 0.1) is 6.04 Å². The molecule has 2 nitrogen and oxygen atoms in total. The molecule has 2 rings (SSSR count). The van der Waals surface area contributed by atoms with E-state index in [9.17, 15) is 4.79 Å². The number of nitrogens with one attached hydrogen (secondary N) is 1. The monoisotopic (exact) mass is 293 g/mol. The van der Waals surface area contributed by atoms with Gasteiger partial charge in [0.25, 0.3) is 0 Å². The summed E-state index contributed by atoms with van der Waals surface area (Å²) in [7, 11) is 0. The Hall–Kier alpha value is -2.35. The van der Waals surface area contributed by atoms with Crippen LogP contribution in [-0.2, 0) is 4.79 Å². The van der Waals surface area contributed by atoms with Crippen molar-refractivity contribution in [3.63, 3.8) is 0 Å². The number of rotatable bonds is 5. The van der Waals surface area contributed by atoms with Crippen molar-refractivity contribution < 1.29 is 4.79 Å². The minimum absolute atomic E-state index is 0.0484. The van der Waals surface area contributed by atoms with Gasteiger partial charge in [-0.2, -0.15) is 0 Å². The van der Waals surface area contributed by atoms with Crippen molar-refractivity contribution in [2.45, 2.75) is 33.2 Å². The molecule has 0 aliphatic heterocycles. The van der Waals surface area contributed by atoms with E-state index in [4.69, 9.17) is 0 Å². The fourth-order valence-corrected chi connectivity index (χ4v) is 2.36. The van der Waals surface area contributed by atoms with Crippen molar-refractivity contribution >= 4 is 12.0 Å². The quantitative estimate of drug-likeness (QED) is 0.803. The zero-order chi connectivity index (χ0) is 15.9. The Balaban J connectivity index is 2.04. The van der Waals surface area contributed by atoms with Crippen LogP contribution in [0.4, 0.5) is 0 Å². The predicted molar refractivity (Wildman–Crippen MR) is 92.6 cm³/mol. The van der Waals surface area contributed by atoms with Crippen molar-refractivity contribution in [2.24, 2.45) is 0 Å². The smallest absolute Gasteiger partial charge is 0.244 e. The summed E-state index contributed by atoms with van der Waals surface area (Å²) in [5.74, 6) is -0.0612. The Morgan fingerprint density at radius 1 is 1.09 bits per heavy atom. The molecule has 0 aliphatic rings. The van der Waals surface area contributed by atoms with Crippen LogP contribution in [0.5, 0.6) is 0 Å². The fraction of sp³-hybridized carbons (Fsp3) is 0.250. The molecule has 22 heavy (non-hydrogen) atoms. The van der Waals surface area contributed by atoms with Gasteiger partial charge < -0.3 is 5.32 Å². The highest BCUT2D eigenvalue weighted by molar-refractivity contribution is 5.92. The summed E-state index contributed by atoms with van der Waals surface area (Å²) in [4.78, 5) is 12.1. The molecule has 2 aromatic carbocycles. The van der Waals surface area contributed by atoms with Crippen LogP contribution in [0, 0.1) is 13.8 Å². The number of hydrogen-bond donors (Lipinski definition) is 1. The first-order valence-electron chi connectivity index (χ1n) is 7.71. The Labute approximate surface area is 132 Å². The molecule has 0 unspecified atom stereocenters. The lowest BCUT2D eigenvalue weighted by molar-refractivity contribution is -0.117. The molecule has 0 bridgehead atoms. The molecule has 0 spiro atoms. The molecule has 1 amide bonds. The van der Waals surface area contributed by atoms with Gasteiger partial charge in [-0.1, -0.05) is 55.5 Å². The predicted octanol–water partition coefficient (Wildman–Crippen LogP) is 4.58. The maximum absolute atomic E-state index is 12.1. The minimum Gasteiger partial charge on any atom is -0.346 e. The van der Waals surface area contributed by atoms with E-state index < -0.39 is 0 Å². The number of carbonyl (C=O) groups is 1. The molecular weight excluding hydrogens is 270 g/mol. The summed E-state index contributed by atoms with van der Waals surface area (Å²) >= 11 is 0. The van der Waals surface area contributed by atoms with Crippen LogP contribution in [0.2, 0.25) is 0 Å². The highest BCUT2D eigenvalue weighted by Crippen LogP contribution is 2.19. The molecule has 2 aromatic rings. The van der Waals surface area contributed by atoms with Gasteiger partial charge in [0.2, 0.25) is 5.91 Å². The molecule has 0 saturated carbocycles. The van der Waals surface area contributed by atoms with Crippen molar-refractivity contribution in [3.05, 3.63) is 76.9 Å². The summed E-state index contributed by atoms with van der Waals surface area (Å²) in [5, 5.41) is 3.07. The summed E-state index contributed by atoms with van der Waals surface area (Å²) < 4.78 is 0. The molecule has 114 valence electrons. The lowest BCUT2D eigenvalue weighted by Gasteiger charge is -2.17. The van der Waals surface area contributed by atoms with Gasteiger partial charge >= 0.3 is 0 Å². The van der Waals surface area contributed by atoms with Crippen LogP contribution in [0.3, 0.4) is 0 Å². The van der Waals surface area contributed by atoms with Gasteiger partial charge in [0, 0.05) is 6.08 Å². The van der Waals surface area contributed by atoms with Crippen molar-refractivity contribution in [1.82, 2.24) is 5.32 Å². The number of amides is 1. The third-order valence-electron chi connectivity index (χ3n) is 3.88. The van der Waals surface area contributed by atoms with Gasteiger partial charge in [-0.3, -0.25) is 4.79 Å². The molecule has 0 aliphatic carbocycles. The number of hydrogen-bond acceptors (Lipinski definition) is 1. The Morgan fingerprint density at radius 2 is 1.82 bits per heavy atom. The number of aryl methyl sites for hydroxylation is 2. The normalized spacial score (nSPS) is 12.3. The molecule has 0 saturated heterocycles. The lowest BCUT2D eigenvalue weighted by atomic mass is 9.99. The Morgan fingerprint density at radius 3 is 2.45 bits per heavy atom. The first-order valence-corrected chi connectivity index (χ1v) is 7.71. The molecule has 1 atom stereocenters. The first-order chi connectivity index (χ1) is 10.6. The SMILES string of the molecule is CC[C@@H](NC(=O)/C=C/c1ccccc1)c1ccc(C)c(C)c1. The van der Waals surface area contributed by atoms with Crippen molar-refractivity contribution in [1.29, 1.82) is 0 Å². The van der Waals surface area contributed by atoms with E-state index in [1.54, 1.807) is 6.08 Å². The summed E-state index contributed by atoms with van der Waals surface area (Å²) in [6.07, 6.45) is 4.30. The maximum atomic E-state index is 12.1. The average Bonchev–Trinajstić information content (AvgIpc) is 2.54. The van der Waals surface area contributed by atoms with Gasteiger partial charge in [-0.25, -0.2) is 0 Å². The van der Waals surface area contributed by atoms with Crippen molar-refractivity contribution in [3.8, 4) is 0 Å². The molecule has 0 heterocycles. The van der Waals surface area contributed by atoms with Crippen LogP contribution in [-0.4, -0.2) is 5.91 Å². The molecule has 2 heteroatoms. The maximum Gasteiger partial charge on any atom is 0.244 e. The van der Waals surface area contributed by atoms with Crippen molar-refractivity contribution in [2.75, 3.05) is 0 Å². The summed E-state index contributed by atoms with van der Waals surface area (Å²) in [6, 6.07) is 16.2. The van der Waals surface area contributed by atoms with E-state index in [1.165, 1.54) is 11.1 Å². The molecule has 1 N–H and O–H groups in total. The van der Waals surface area contributed by atoms with Crippen LogP contribution in [0.25, 0.3) is 6.08 Å². The molecule has 0 fully saturated rings. The second-order valence-corrected chi connectivity index (χ2v) is 5.56. The minimum atomic E-state index is -0.0612. The van der Waals surface area contributed by atoms with Gasteiger partial charge in [-0.05, 0) is 48.6 Å². The molecule has 0 radical (unpaired) electrons. The average molecular weight is 293 g/mol. The lowest BCUT2D eigenvalue weighted by Crippen LogP contribution is -2.26. The van der Waals surface area contributed by atoms with Crippen LogP contribution < -0.4 is 5.32 Å². The largest absolute Gasteiger partial charge is 0.346 e. The van der Waals surface area contributed by atoms with Gasteiger partial charge in [0.1, 0.15) is 0 Å². The standard InChI is InChI=1S/C20H23NO/c1-4-19(18-12-10-15(2)16(3)14-18)21-20(22)13-11-17-8-6-5-7-9-17/h5-14,19H,4H2,1-3H3,(H,21,22)/b13-11+/t19-/m1/s1. The van der Waals surface area contributed by atoms with E-state index in [2.05, 4.69) is 44.3 Å². The van der Waals surface area contributed by atoms with E-state index in [0.717, 1.165) is 17.5 Å². The zero-order valence-corrected chi connectivity index (χ0v) is 13.5. The third-order valence-corrected chi connectivity index (χ3v) is 3.88. The van der Waals surface area contributed by atoms with Gasteiger partial charge in [-0.15, -0.1) is 0 Å². The van der Waals surface area contributed by atoms with E-state index in [-0.39, 0.29) is 11.9 Å². The van der Waals surface area contributed by atoms with Crippen LogP contribution in [0.15, 0.2) is 54.6 Å². The second-order valence-electron chi connectivity index (χ2n) is 5.56. The number of carbonyl (C=O) groups excluding carboxylic acids is 1. The van der Waals surface area contributed by atoms with Crippen LogP contribution >= 0.6 is 0 Å². The highest BCUT2D eigenvalue weighted by Gasteiger charge is 2.11. The van der Waals surface area contributed by atoms with Crippen LogP contribution in [0.1, 0.15) is 41.6 Å². The first kappa shape index (κ1) is 16.0. The Kier molecular flexibility index (Phi) is 5.54. The molecular formula is C20H23NO. The second kappa shape index (κ2) is 7.60. The zero-order valence-electron chi connectivity index (χ0n) is 13.5. The van der Waals surface area contributed by atoms with E-state index in [0.29, 0.717) is 0 Å². The topological polar surface area (TPSA) is 29.1 Å².